The molecule has 0 atom stereocenters. The number of aromatic nitrogens is 3. The molecule has 1 N–H and O–H groups in total. The van der Waals surface area contributed by atoms with E-state index in [1.807, 2.05) is 18.3 Å². The average molecular weight is 269 g/mol. The summed E-state index contributed by atoms with van der Waals surface area (Å²) in [5, 5.41) is 7.66. The molecule has 1 aliphatic carbocycles. The highest BCUT2D eigenvalue weighted by Gasteiger charge is 2.27. The number of nitrogens with one attached hydrogen (secondary N) is 1. The highest BCUT2D eigenvalue weighted by Crippen LogP contribution is 2.39. The molecule has 2 aromatic rings. The molecule has 104 valence electrons. The molecule has 20 heavy (non-hydrogen) atoms. The summed E-state index contributed by atoms with van der Waals surface area (Å²) in [5.41, 5.74) is 1.31. The van der Waals surface area contributed by atoms with Crippen molar-refractivity contribution in [3.05, 3.63) is 36.2 Å². The molecule has 0 spiro atoms. The van der Waals surface area contributed by atoms with Gasteiger partial charge in [-0.3, -0.25) is 5.10 Å². The van der Waals surface area contributed by atoms with Crippen LogP contribution >= 0.6 is 0 Å². The first-order chi connectivity index (χ1) is 9.90. The topological polar surface area (TPSA) is 48.0 Å². The predicted octanol–water partition coefficient (Wildman–Crippen LogP) is 2.01. The highest BCUT2D eigenvalue weighted by atomic mass is 15.3. The van der Waals surface area contributed by atoms with Crippen molar-refractivity contribution in [2.24, 2.45) is 0 Å². The van der Waals surface area contributed by atoms with Crippen LogP contribution in [0.5, 0.6) is 0 Å². The van der Waals surface area contributed by atoms with E-state index < -0.39 is 0 Å². The molecule has 2 fully saturated rings. The fourth-order valence-corrected chi connectivity index (χ4v) is 2.80. The van der Waals surface area contributed by atoms with E-state index in [-0.39, 0.29) is 0 Å². The molecule has 4 rings (SSSR count). The quantitative estimate of drug-likeness (QED) is 0.926. The van der Waals surface area contributed by atoms with Crippen molar-refractivity contribution in [3.8, 4) is 0 Å². The normalized spacial score (nSPS) is 19.4. The number of hydrogen-bond acceptors (Lipinski definition) is 4. The van der Waals surface area contributed by atoms with Gasteiger partial charge in [0.2, 0.25) is 0 Å². The van der Waals surface area contributed by atoms with Crippen molar-refractivity contribution >= 4 is 11.6 Å². The Labute approximate surface area is 118 Å². The summed E-state index contributed by atoms with van der Waals surface area (Å²) in [6, 6.07) is 8.32. The van der Waals surface area contributed by atoms with E-state index in [9.17, 15) is 0 Å². The Bertz CT molecular complexity index is 567. The van der Waals surface area contributed by atoms with Crippen LogP contribution in [0.15, 0.2) is 30.5 Å². The summed E-state index contributed by atoms with van der Waals surface area (Å²) in [6.45, 7) is 4.02. The molecule has 5 heteroatoms. The van der Waals surface area contributed by atoms with Crippen LogP contribution in [-0.4, -0.2) is 41.4 Å². The lowest BCUT2D eigenvalue weighted by atomic mass is 10.2. The maximum absolute atomic E-state index is 4.47. The Morgan fingerprint density at radius 3 is 2.40 bits per heavy atom. The van der Waals surface area contributed by atoms with Gasteiger partial charge in [-0.2, -0.15) is 5.10 Å². The van der Waals surface area contributed by atoms with Gasteiger partial charge >= 0.3 is 0 Å². The second-order valence-electron chi connectivity index (χ2n) is 5.62. The third-order valence-electron chi connectivity index (χ3n) is 4.18. The van der Waals surface area contributed by atoms with E-state index >= 15 is 0 Å². The van der Waals surface area contributed by atoms with Crippen LogP contribution in [0.4, 0.5) is 11.6 Å². The van der Waals surface area contributed by atoms with Crippen molar-refractivity contribution in [2.75, 3.05) is 36.0 Å². The Balaban J connectivity index is 1.41. The summed E-state index contributed by atoms with van der Waals surface area (Å²) >= 11 is 0. The van der Waals surface area contributed by atoms with Gasteiger partial charge in [0.1, 0.15) is 5.82 Å². The Morgan fingerprint density at radius 1 is 1.00 bits per heavy atom. The van der Waals surface area contributed by atoms with Gasteiger partial charge in [-0.05, 0) is 25.0 Å². The highest BCUT2D eigenvalue weighted by molar-refractivity contribution is 5.45. The molecule has 0 bridgehead atoms. The summed E-state index contributed by atoms with van der Waals surface area (Å²) in [6.07, 6.45) is 4.49. The van der Waals surface area contributed by atoms with Gasteiger partial charge in [0, 0.05) is 50.1 Å². The molecule has 1 aliphatic heterocycles. The van der Waals surface area contributed by atoms with Crippen molar-refractivity contribution in [2.45, 2.75) is 18.8 Å². The Morgan fingerprint density at radius 2 is 1.75 bits per heavy atom. The third kappa shape index (κ3) is 2.24. The van der Waals surface area contributed by atoms with Crippen molar-refractivity contribution < 1.29 is 0 Å². The molecular formula is C15H19N5. The standard InChI is InChI=1S/C15H19N5/c1-2-6-16-14(3-1)19-7-9-20(10-8-19)15-11-13(17-18-15)12-4-5-12/h1-3,6,11-12H,4-5,7-10H2,(H,17,18). The molecule has 5 nitrogen and oxygen atoms in total. The lowest BCUT2D eigenvalue weighted by Gasteiger charge is -2.35. The van der Waals surface area contributed by atoms with Gasteiger partial charge < -0.3 is 9.80 Å². The zero-order valence-corrected chi connectivity index (χ0v) is 11.5. The minimum Gasteiger partial charge on any atom is -0.353 e. The maximum atomic E-state index is 4.47. The predicted molar refractivity (Wildman–Crippen MR) is 79.2 cm³/mol. The summed E-state index contributed by atoms with van der Waals surface area (Å²) in [7, 11) is 0. The Hall–Kier alpha value is -2.04. The SMILES string of the molecule is c1ccc(N2CCN(c3cc(C4CC4)[nH]n3)CC2)nc1. The lowest BCUT2D eigenvalue weighted by Crippen LogP contribution is -2.47. The first-order valence-corrected chi connectivity index (χ1v) is 7.36. The first kappa shape index (κ1) is 11.8. The van der Waals surface area contributed by atoms with Crippen LogP contribution in [0.1, 0.15) is 24.5 Å². The third-order valence-corrected chi connectivity index (χ3v) is 4.18. The number of hydrogen-bond donors (Lipinski definition) is 1. The summed E-state index contributed by atoms with van der Waals surface area (Å²) in [5.74, 6) is 2.92. The minimum absolute atomic E-state index is 0.742. The van der Waals surface area contributed by atoms with Gasteiger partial charge in [0.05, 0.1) is 0 Å². The van der Waals surface area contributed by atoms with E-state index in [1.165, 1.54) is 18.5 Å². The number of H-pyrrole nitrogens is 1. The molecule has 1 saturated carbocycles. The van der Waals surface area contributed by atoms with Gasteiger partial charge in [-0.1, -0.05) is 6.07 Å². The van der Waals surface area contributed by atoms with Crippen molar-refractivity contribution in [3.63, 3.8) is 0 Å². The molecule has 2 aromatic heterocycles. The Kier molecular flexibility index (Phi) is 2.83. The first-order valence-electron chi connectivity index (χ1n) is 7.36. The monoisotopic (exact) mass is 269 g/mol. The number of aromatic amines is 1. The fourth-order valence-electron chi connectivity index (χ4n) is 2.80. The van der Waals surface area contributed by atoms with Crippen molar-refractivity contribution in [1.82, 2.24) is 15.2 Å². The molecule has 0 radical (unpaired) electrons. The van der Waals surface area contributed by atoms with Crippen molar-refractivity contribution in [1.29, 1.82) is 0 Å². The van der Waals surface area contributed by atoms with E-state index in [0.29, 0.717) is 0 Å². The smallest absolute Gasteiger partial charge is 0.150 e. The number of anilines is 2. The lowest BCUT2D eigenvalue weighted by molar-refractivity contribution is 0.641. The van der Waals surface area contributed by atoms with Gasteiger partial charge in [0.15, 0.2) is 5.82 Å². The minimum atomic E-state index is 0.742. The summed E-state index contributed by atoms with van der Waals surface area (Å²) in [4.78, 5) is 9.12. The number of piperazine rings is 1. The van der Waals surface area contributed by atoms with Gasteiger partial charge in [-0.15, -0.1) is 0 Å². The molecule has 2 aliphatic rings. The number of pyridine rings is 1. The van der Waals surface area contributed by atoms with Gasteiger partial charge in [-0.25, -0.2) is 4.98 Å². The largest absolute Gasteiger partial charge is 0.353 e. The number of nitrogens with zero attached hydrogens (tertiary/aromatic N) is 4. The second-order valence-corrected chi connectivity index (χ2v) is 5.62. The van der Waals surface area contributed by atoms with Crippen LogP contribution in [0, 0.1) is 0 Å². The van der Waals surface area contributed by atoms with E-state index in [1.54, 1.807) is 0 Å². The zero-order valence-electron chi connectivity index (χ0n) is 11.5. The van der Waals surface area contributed by atoms with E-state index in [4.69, 9.17) is 0 Å². The van der Waals surface area contributed by atoms with E-state index in [2.05, 4.69) is 37.1 Å². The molecule has 0 amide bonds. The molecule has 1 saturated heterocycles. The van der Waals surface area contributed by atoms with Crippen LogP contribution in [-0.2, 0) is 0 Å². The maximum Gasteiger partial charge on any atom is 0.150 e. The molecule has 3 heterocycles. The summed E-state index contributed by atoms with van der Waals surface area (Å²) < 4.78 is 0. The molecule has 0 aromatic carbocycles. The number of rotatable bonds is 3. The average Bonchev–Trinajstić information content (AvgIpc) is 3.26. The van der Waals surface area contributed by atoms with Crippen LogP contribution in [0.25, 0.3) is 0 Å². The van der Waals surface area contributed by atoms with E-state index in [0.717, 1.165) is 43.7 Å². The van der Waals surface area contributed by atoms with Crippen LogP contribution in [0.3, 0.4) is 0 Å². The van der Waals surface area contributed by atoms with Crippen LogP contribution < -0.4 is 9.80 Å². The fraction of sp³-hybridized carbons (Fsp3) is 0.467. The molecule has 0 unspecified atom stereocenters. The van der Waals surface area contributed by atoms with Crippen LogP contribution in [0.2, 0.25) is 0 Å². The van der Waals surface area contributed by atoms with Gasteiger partial charge in [0.25, 0.3) is 0 Å². The second kappa shape index (κ2) is 4.81. The zero-order chi connectivity index (χ0) is 13.4. The molecular weight excluding hydrogens is 250 g/mol.